The molecule has 34 heavy (non-hydrogen) atoms. The third-order valence-electron chi connectivity index (χ3n) is 5.75. The second-order valence-corrected chi connectivity index (χ2v) is 8.44. The van der Waals surface area contributed by atoms with Crippen LogP contribution in [0, 0.1) is 0 Å². The Morgan fingerprint density at radius 3 is 2.26 bits per heavy atom. The standard InChI is InChI=1S/C28H30N4O2/c1-4-25(33)32(19-18-31(2)3)22-16-14-21(15-17-22)29-27(20-10-6-5-7-11-20)26-23-12-8-9-13-24(23)30-28(26)34/h5-17,30,34H,4,18-19H2,1-3H3. The summed E-state index contributed by atoms with van der Waals surface area (Å²) in [6, 6.07) is 25.3. The fourth-order valence-electron chi connectivity index (χ4n) is 3.95. The molecule has 1 aromatic heterocycles. The molecule has 0 bridgehead atoms. The molecule has 1 heterocycles. The first kappa shape index (κ1) is 23.3. The predicted molar refractivity (Wildman–Crippen MR) is 139 cm³/mol. The zero-order valence-corrected chi connectivity index (χ0v) is 19.8. The number of benzene rings is 3. The molecule has 0 radical (unpaired) electrons. The molecule has 2 N–H and O–H groups in total. The van der Waals surface area contributed by atoms with E-state index in [0.29, 0.717) is 24.2 Å². The van der Waals surface area contributed by atoms with Crippen molar-refractivity contribution >= 4 is 33.9 Å². The molecule has 6 nitrogen and oxygen atoms in total. The van der Waals surface area contributed by atoms with Gasteiger partial charge in [0.15, 0.2) is 5.88 Å². The van der Waals surface area contributed by atoms with Crippen LogP contribution in [0.1, 0.15) is 24.5 Å². The van der Waals surface area contributed by atoms with Gasteiger partial charge in [-0.15, -0.1) is 0 Å². The molecule has 0 unspecified atom stereocenters. The van der Waals surface area contributed by atoms with Crippen LogP contribution in [0.3, 0.4) is 0 Å². The van der Waals surface area contributed by atoms with Gasteiger partial charge >= 0.3 is 0 Å². The van der Waals surface area contributed by atoms with Crippen molar-refractivity contribution in [2.45, 2.75) is 13.3 Å². The molecule has 3 aromatic carbocycles. The van der Waals surface area contributed by atoms with Gasteiger partial charge in [0.05, 0.1) is 17.0 Å². The summed E-state index contributed by atoms with van der Waals surface area (Å²) in [6.45, 7) is 3.29. The van der Waals surface area contributed by atoms with E-state index in [-0.39, 0.29) is 11.8 Å². The van der Waals surface area contributed by atoms with E-state index in [0.717, 1.165) is 34.4 Å². The minimum absolute atomic E-state index is 0.0869. The number of aliphatic imine (C=N–C) groups is 1. The summed E-state index contributed by atoms with van der Waals surface area (Å²) in [7, 11) is 4.00. The second-order valence-electron chi connectivity index (χ2n) is 8.44. The maximum Gasteiger partial charge on any atom is 0.226 e. The van der Waals surface area contributed by atoms with Crippen molar-refractivity contribution in [2.24, 2.45) is 4.99 Å². The van der Waals surface area contributed by atoms with Crippen LogP contribution in [-0.4, -0.2) is 53.8 Å². The molecular formula is C28H30N4O2. The Kier molecular flexibility index (Phi) is 7.09. The molecule has 4 rings (SSSR count). The summed E-state index contributed by atoms with van der Waals surface area (Å²) in [6.07, 6.45) is 0.450. The lowest BCUT2D eigenvalue weighted by Crippen LogP contribution is -2.36. The number of nitrogens with zero attached hydrogens (tertiary/aromatic N) is 3. The molecule has 1 amide bonds. The number of para-hydroxylation sites is 1. The number of carbonyl (C=O) groups excluding carboxylic acids is 1. The van der Waals surface area contributed by atoms with Crippen molar-refractivity contribution in [1.82, 2.24) is 9.88 Å². The third kappa shape index (κ3) is 5.02. The second kappa shape index (κ2) is 10.4. The molecule has 0 saturated heterocycles. The number of hydrogen-bond acceptors (Lipinski definition) is 4. The highest BCUT2D eigenvalue weighted by atomic mass is 16.3. The topological polar surface area (TPSA) is 71.9 Å². The number of aromatic hydroxyl groups is 1. The quantitative estimate of drug-likeness (QED) is 0.353. The van der Waals surface area contributed by atoms with E-state index in [1.54, 1.807) is 0 Å². The van der Waals surface area contributed by atoms with Crippen LogP contribution in [0.4, 0.5) is 11.4 Å². The van der Waals surface area contributed by atoms with Crippen LogP contribution < -0.4 is 4.90 Å². The number of likely N-dealkylation sites (N-methyl/N-ethyl adjacent to an activating group) is 1. The molecule has 0 saturated carbocycles. The fourth-order valence-corrected chi connectivity index (χ4v) is 3.95. The van der Waals surface area contributed by atoms with E-state index in [2.05, 4.69) is 9.88 Å². The molecule has 0 aliphatic carbocycles. The number of H-pyrrole nitrogens is 1. The average Bonchev–Trinajstić information content (AvgIpc) is 3.19. The normalized spacial score (nSPS) is 11.8. The number of nitrogens with one attached hydrogen (secondary N) is 1. The van der Waals surface area contributed by atoms with Crippen molar-refractivity contribution < 1.29 is 9.90 Å². The number of hydrogen-bond donors (Lipinski definition) is 2. The molecular weight excluding hydrogens is 424 g/mol. The van der Waals surface area contributed by atoms with Gasteiger partial charge in [-0.2, -0.15) is 0 Å². The highest BCUT2D eigenvalue weighted by molar-refractivity contribution is 6.21. The zero-order valence-electron chi connectivity index (χ0n) is 19.8. The van der Waals surface area contributed by atoms with Crippen molar-refractivity contribution in [2.75, 3.05) is 32.1 Å². The summed E-state index contributed by atoms with van der Waals surface area (Å²) in [5.74, 6) is 0.176. The Morgan fingerprint density at radius 2 is 1.59 bits per heavy atom. The number of aromatic nitrogens is 1. The molecule has 0 spiro atoms. The Bertz CT molecular complexity index is 1290. The first-order valence-corrected chi connectivity index (χ1v) is 11.5. The van der Waals surface area contributed by atoms with Gasteiger partial charge < -0.3 is 19.9 Å². The molecule has 6 heteroatoms. The van der Waals surface area contributed by atoms with Gasteiger partial charge in [-0.3, -0.25) is 4.79 Å². The SMILES string of the molecule is CCC(=O)N(CCN(C)C)c1ccc(N=C(c2ccccc2)c2c(O)[nH]c3ccccc23)cc1. The minimum Gasteiger partial charge on any atom is -0.494 e. The van der Waals surface area contributed by atoms with E-state index in [4.69, 9.17) is 4.99 Å². The molecule has 0 fully saturated rings. The number of fused-ring (bicyclic) bond motifs is 1. The van der Waals surface area contributed by atoms with E-state index in [1.807, 2.05) is 105 Å². The van der Waals surface area contributed by atoms with Gasteiger partial charge in [0, 0.05) is 41.7 Å². The van der Waals surface area contributed by atoms with Gasteiger partial charge in [0.1, 0.15) is 0 Å². The zero-order chi connectivity index (χ0) is 24.1. The lowest BCUT2D eigenvalue weighted by molar-refractivity contribution is -0.118. The van der Waals surface area contributed by atoms with E-state index in [1.165, 1.54) is 0 Å². The number of amides is 1. The smallest absolute Gasteiger partial charge is 0.226 e. The summed E-state index contributed by atoms with van der Waals surface area (Å²) < 4.78 is 0. The summed E-state index contributed by atoms with van der Waals surface area (Å²) in [4.78, 5) is 24.4. The summed E-state index contributed by atoms with van der Waals surface area (Å²) in [5, 5.41) is 11.7. The van der Waals surface area contributed by atoms with Gasteiger partial charge in [-0.05, 0) is 44.4 Å². The highest BCUT2D eigenvalue weighted by Crippen LogP contribution is 2.31. The van der Waals surface area contributed by atoms with Crippen molar-refractivity contribution in [3.63, 3.8) is 0 Å². The maximum atomic E-state index is 12.5. The van der Waals surface area contributed by atoms with Gasteiger partial charge in [-0.1, -0.05) is 55.5 Å². The lowest BCUT2D eigenvalue weighted by Gasteiger charge is -2.24. The van der Waals surface area contributed by atoms with Crippen LogP contribution in [0.25, 0.3) is 10.9 Å². The first-order valence-electron chi connectivity index (χ1n) is 11.5. The Hall–Kier alpha value is -3.90. The van der Waals surface area contributed by atoms with E-state index < -0.39 is 0 Å². The van der Waals surface area contributed by atoms with E-state index in [9.17, 15) is 9.90 Å². The van der Waals surface area contributed by atoms with Crippen LogP contribution in [0.5, 0.6) is 5.88 Å². The summed E-state index contributed by atoms with van der Waals surface area (Å²) >= 11 is 0. The number of rotatable bonds is 8. The first-order chi connectivity index (χ1) is 16.5. The van der Waals surface area contributed by atoms with Crippen LogP contribution in [0.15, 0.2) is 83.9 Å². The van der Waals surface area contributed by atoms with Crippen molar-refractivity contribution in [3.8, 4) is 5.88 Å². The molecule has 0 aliphatic heterocycles. The van der Waals surface area contributed by atoms with Crippen LogP contribution >= 0.6 is 0 Å². The Labute approximate surface area is 200 Å². The van der Waals surface area contributed by atoms with Crippen molar-refractivity contribution in [3.05, 3.63) is 90.0 Å². The number of carbonyl (C=O) groups is 1. The number of aromatic amines is 1. The third-order valence-corrected chi connectivity index (χ3v) is 5.75. The Morgan fingerprint density at radius 1 is 0.912 bits per heavy atom. The fraction of sp³-hybridized carbons (Fsp3) is 0.214. The number of anilines is 1. The average molecular weight is 455 g/mol. The maximum absolute atomic E-state index is 12.5. The van der Waals surface area contributed by atoms with Crippen LogP contribution in [-0.2, 0) is 4.79 Å². The van der Waals surface area contributed by atoms with E-state index >= 15 is 0 Å². The molecule has 0 aliphatic rings. The molecule has 4 aromatic rings. The largest absolute Gasteiger partial charge is 0.494 e. The molecule has 174 valence electrons. The highest BCUT2D eigenvalue weighted by Gasteiger charge is 2.19. The molecule has 0 atom stereocenters. The predicted octanol–water partition coefficient (Wildman–Crippen LogP) is 5.35. The lowest BCUT2D eigenvalue weighted by atomic mass is 10.0. The Balaban J connectivity index is 1.75. The monoisotopic (exact) mass is 454 g/mol. The van der Waals surface area contributed by atoms with Gasteiger partial charge in [0.2, 0.25) is 5.91 Å². The van der Waals surface area contributed by atoms with Crippen LogP contribution in [0.2, 0.25) is 0 Å². The van der Waals surface area contributed by atoms with Gasteiger partial charge in [-0.25, -0.2) is 4.99 Å². The van der Waals surface area contributed by atoms with Gasteiger partial charge in [0.25, 0.3) is 0 Å². The summed E-state index contributed by atoms with van der Waals surface area (Å²) in [5.41, 5.74) is 4.69. The minimum atomic E-state index is 0.0869. The van der Waals surface area contributed by atoms with Crippen molar-refractivity contribution in [1.29, 1.82) is 0 Å².